The molecule has 0 aliphatic rings. The predicted octanol–water partition coefficient (Wildman–Crippen LogP) is 3.99. The maximum Gasteiger partial charge on any atom is 0.118 e. The highest BCUT2D eigenvalue weighted by atomic mass is 16.5. The highest BCUT2D eigenvalue weighted by Crippen LogP contribution is 2.12. The summed E-state index contributed by atoms with van der Waals surface area (Å²) in [6.07, 6.45) is 3.94. The van der Waals surface area contributed by atoms with Crippen LogP contribution in [0.1, 0.15) is 11.1 Å². The van der Waals surface area contributed by atoms with E-state index in [9.17, 15) is 0 Å². The molecule has 0 aromatic heterocycles. The van der Waals surface area contributed by atoms with Crippen LogP contribution >= 0.6 is 0 Å². The van der Waals surface area contributed by atoms with Crippen LogP contribution in [0.3, 0.4) is 0 Å². The maximum absolute atomic E-state index is 5.59. The summed E-state index contributed by atoms with van der Waals surface area (Å²) in [4.78, 5) is 0. The SMILES string of the molecule is COc1ccc(COC/C=C/COCc2ccc(OC)cc2)cc1. The number of ether oxygens (including phenoxy) is 4. The zero-order valence-electron chi connectivity index (χ0n) is 14.2. The summed E-state index contributed by atoms with van der Waals surface area (Å²) in [5.41, 5.74) is 2.25. The predicted molar refractivity (Wildman–Crippen MR) is 94.4 cm³/mol. The molecular formula is C20H24O4. The van der Waals surface area contributed by atoms with E-state index in [0.29, 0.717) is 26.4 Å². The number of rotatable bonds is 10. The Morgan fingerprint density at radius 1 is 0.625 bits per heavy atom. The number of hydrogen-bond donors (Lipinski definition) is 0. The monoisotopic (exact) mass is 328 g/mol. The van der Waals surface area contributed by atoms with Gasteiger partial charge in [0.25, 0.3) is 0 Å². The number of hydrogen-bond acceptors (Lipinski definition) is 4. The molecule has 0 aliphatic carbocycles. The van der Waals surface area contributed by atoms with Crippen LogP contribution in [-0.2, 0) is 22.7 Å². The van der Waals surface area contributed by atoms with Gasteiger partial charge in [-0.1, -0.05) is 36.4 Å². The summed E-state index contributed by atoms with van der Waals surface area (Å²) < 4.78 is 21.4. The third kappa shape index (κ3) is 6.44. The molecule has 0 bridgehead atoms. The topological polar surface area (TPSA) is 36.9 Å². The van der Waals surface area contributed by atoms with E-state index in [2.05, 4.69) is 0 Å². The zero-order valence-corrected chi connectivity index (χ0v) is 14.2. The van der Waals surface area contributed by atoms with E-state index >= 15 is 0 Å². The van der Waals surface area contributed by atoms with Gasteiger partial charge >= 0.3 is 0 Å². The molecule has 128 valence electrons. The van der Waals surface area contributed by atoms with Gasteiger partial charge in [0.1, 0.15) is 11.5 Å². The van der Waals surface area contributed by atoms with Crippen LogP contribution < -0.4 is 9.47 Å². The Kier molecular flexibility index (Phi) is 7.87. The minimum Gasteiger partial charge on any atom is -0.497 e. The fourth-order valence-corrected chi connectivity index (χ4v) is 2.07. The normalized spacial score (nSPS) is 10.9. The fourth-order valence-electron chi connectivity index (χ4n) is 2.07. The smallest absolute Gasteiger partial charge is 0.118 e. The quantitative estimate of drug-likeness (QED) is 0.488. The molecule has 0 N–H and O–H groups in total. The van der Waals surface area contributed by atoms with Crippen LogP contribution in [0.4, 0.5) is 0 Å². The van der Waals surface area contributed by atoms with Gasteiger partial charge in [-0.15, -0.1) is 0 Å². The largest absolute Gasteiger partial charge is 0.497 e. The van der Waals surface area contributed by atoms with Crippen molar-refractivity contribution in [1.82, 2.24) is 0 Å². The molecule has 4 nitrogen and oxygen atoms in total. The second-order valence-electron chi connectivity index (χ2n) is 5.20. The van der Waals surface area contributed by atoms with Gasteiger partial charge in [0, 0.05) is 0 Å². The van der Waals surface area contributed by atoms with Crippen molar-refractivity contribution in [2.75, 3.05) is 27.4 Å². The van der Waals surface area contributed by atoms with Crippen molar-refractivity contribution in [2.24, 2.45) is 0 Å². The van der Waals surface area contributed by atoms with E-state index in [-0.39, 0.29) is 0 Å². The average molecular weight is 328 g/mol. The van der Waals surface area contributed by atoms with Crippen molar-refractivity contribution in [1.29, 1.82) is 0 Å². The van der Waals surface area contributed by atoms with Crippen LogP contribution in [0.15, 0.2) is 60.7 Å². The molecular weight excluding hydrogens is 304 g/mol. The van der Waals surface area contributed by atoms with Crippen LogP contribution in [0.2, 0.25) is 0 Å². The van der Waals surface area contributed by atoms with Gasteiger partial charge in [-0.2, -0.15) is 0 Å². The molecule has 4 heteroatoms. The molecule has 0 heterocycles. The van der Waals surface area contributed by atoms with Crippen LogP contribution in [-0.4, -0.2) is 27.4 Å². The minimum absolute atomic E-state index is 0.567. The van der Waals surface area contributed by atoms with Gasteiger partial charge in [-0.3, -0.25) is 0 Å². The van der Waals surface area contributed by atoms with E-state index in [1.165, 1.54) is 0 Å². The molecule has 0 spiro atoms. The second-order valence-corrected chi connectivity index (χ2v) is 5.20. The van der Waals surface area contributed by atoms with E-state index in [0.717, 1.165) is 22.6 Å². The summed E-state index contributed by atoms with van der Waals surface area (Å²) in [7, 11) is 3.32. The van der Waals surface area contributed by atoms with Crippen molar-refractivity contribution in [3.63, 3.8) is 0 Å². The Bertz CT molecular complexity index is 547. The Morgan fingerprint density at radius 3 is 1.33 bits per heavy atom. The lowest BCUT2D eigenvalue weighted by atomic mass is 10.2. The molecule has 2 aromatic rings. The van der Waals surface area contributed by atoms with Gasteiger partial charge in [0.2, 0.25) is 0 Å². The van der Waals surface area contributed by atoms with E-state index in [1.54, 1.807) is 14.2 Å². The van der Waals surface area contributed by atoms with Crippen LogP contribution in [0.25, 0.3) is 0 Å². The second kappa shape index (κ2) is 10.5. The molecule has 0 saturated carbocycles. The van der Waals surface area contributed by atoms with Gasteiger partial charge in [0.05, 0.1) is 40.6 Å². The third-order valence-electron chi connectivity index (χ3n) is 3.45. The van der Waals surface area contributed by atoms with Crippen molar-refractivity contribution >= 4 is 0 Å². The van der Waals surface area contributed by atoms with Crippen molar-refractivity contribution < 1.29 is 18.9 Å². The minimum atomic E-state index is 0.567. The summed E-state index contributed by atoms with van der Waals surface area (Å²) in [5.74, 6) is 1.71. The summed E-state index contributed by atoms with van der Waals surface area (Å²) in [5, 5.41) is 0. The van der Waals surface area contributed by atoms with Gasteiger partial charge in [-0.25, -0.2) is 0 Å². The summed E-state index contributed by atoms with van der Waals surface area (Å²) in [6.45, 7) is 2.30. The van der Waals surface area contributed by atoms with Crippen molar-refractivity contribution in [2.45, 2.75) is 13.2 Å². The lowest BCUT2D eigenvalue weighted by molar-refractivity contribution is 0.140. The highest BCUT2D eigenvalue weighted by molar-refractivity contribution is 5.27. The molecule has 2 aromatic carbocycles. The first-order valence-corrected chi connectivity index (χ1v) is 7.88. The van der Waals surface area contributed by atoms with E-state index in [4.69, 9.17) is 18.9 Å². The number of benzene rings is 2. The van der Waals surface area contributed by atoms with Crippen molar-refractivity contribution in [3.05, 3.63) is 71.8 Å². The molecule has 0 unspecified atom stereocenters. The molecule has 0 saturated heterocycles. The Balaban J connectivity index is 1.55. The molecule has 0 atom stereocenters. The Labute approximate surface area is 143 Å². The molecule has 2 rings (SSSR count). The Hall–Kier alpha value is -2.30. The molecule has 24 heavy (non-hydrogen) atoms. The zero-order chi connectivity index (χ0) is 17.0. The third-order valence-corrected chi connectivity index (χ3v) is 3.45. The maximum atomic E-state index is 5.59. The lowest BCUT2D eigenvalue weighted by Gasteiger charge is -2.04. The fraction of sp³-hybridized carbons (Fsp3) is 0.300. The van der Waals surface area contributed by atoms with Gasteiger partial charge < -0.3 is 18.9 Å². The summed E-state index contributed by atoms with van der Waals surface area (Å²) >= 11 is 0. The molecule has 0 fully saturated rings. The Morgan fingerprint density at radius 2 is 1.00 bits per heavy atom. The average Bonchev–Trinajstić information content (AvgIpc) is 2.65. The highest BCUT2D eigenvalue weighted by Gasteiger charge is 1.95. The molecule has 0 amide bonds. The van der Waals surface area contributed by atoms with Gasteiger partial charge in [0.15, 0.2) is 0 Å². The number of methoxy groups -OCH3 is 2. The molecule has 0 aliphatic heterocycles. The standard InChI is InChI=1S/C20H24O4/c1-21-19-9-5-17(6-10-19)15-23-13-3-4-14-24-16-18-7-11-20(22-2)12-8-18/h3-12H,13-16H2,1-2H3/b4-3+. The van der Waals surface area contributed by atoms with Gasteiger partial charge in [-0.05, 0) is 35.4 Å². The molecule has 0 radical (unpaired) electrons. The first-order chi connectivity index (χ1) is 11.8. The first-order valence-electron chi connectivity index (χ1n) is 7.88. The summed E-state index contributed by atoms with van der Waals surface area (Å²) in [6, 6.07) is 15.7. The first kappa shape index (κ1) is 18.0. The lowest BCUT2D eigenvalue weighted by Crippen LogP contribution is -1.95. The van der Waals surface area contributed by atoms with E-state index < -0.39 is 0 Å². The van der Waals surface area contributed by atoms with Crippen molar-refractivity contribution in [3.8, 4) is 11.5 Å². The van der Waals surface area contributed by atoms with E-state index in [1.807, 2.05) is 60.7 Å². The van der Waals surface area contributed by atoms with Crippen LogP contribution in [0, 0.1) is 0 Å². The van der Waals surface area contributed by atoms with Crippen LogP contribution in [0.5, 0.6) is 11.5 Å².